The van der Waals surface area contributed by atoms with Crippen LogP contribution in [0.15, 0.2) is 18.2 Å². The molecule has 0 fully saturated rings. The molecule has 0 atom stereocenters. The van der Waals surface area contributed by atoms with Crippen molar-refractivity contribution in [3.8, 4) is 0 Å². The Balaban J connectivity index is 2.03. The Morgan fingerprint density at radius 1 is 1.47 bits per heavy atom. The Kier molecular flexibility index (Phi) is 3.02. The van der Waals surface area contributed by atoms with Crippen LogP contribution in [0.2, 0.25) is 0 Å². The lowest BCUT2D eigenvalue weighted by molar-refractivity contribution is -0.115. The van der Waals surface area contributed by atoms with Gasteiger partial charge in [-0.3, -0.25) is 4.79 Å². The molecule has 1 amide bonds. The minimum atomic E-state index is 0.109. The largest absolute Gasteiger partial charge is 0.326 e. The number of hydrogen-bond acceptors (Lipinski definition) is 2. The molecule has 3 heteroatoms. The number of anilines is 1. The summed E-state index contributed by atoms with van der Waals surface area (Å²) >= 11 is 0. The van der Waals surface area contributed by atoms with E-state index in [0.29, 0.717) is 6.42 Å². The highest BCUT2D eigenvalue weighted by molar-refractivity contribution is 5.99. The van der Waals surface area contributed by atoms with Gasteiger partial charge in [0, 0.05) is 5.69 Å². The zero-order valence-electron chi connectivity index (χ0n) is 8.97. The first kappa shape index (κ1) is 10.2. The normalized spacial score (nSPS) is 13.8. The SMILES string of the molecule is CNCCCc1ccc2c(c1)CC(=O)N2. The molecule has 0 unspecified atom stereocenters. The van der Waals surface area contributed by atoms with Crippen molar-refractivity contribution in [2.24, 2.45) is 0 Å². The lowest BCUT2D eigenvalue weighted by Crippen LogP contribution is -2.08. The first-order valence-electron chi connectivity index (χ1n) is 5.36. The van der Waals surface area contributed by atoms with Gasteiger partial charge in [-0.2, -0.15) is 0 Å². The van der Waals surface area contributed by atoms with Crippen molar-refractivity contribution in [1.82, 2.24) is 5.32 Å². The topological polar surface area (TPSA) is 41.1 Å². The maximum atomic E-state index is 11.2. The first-order chi connectivity index (χ1) is 7.29. The highest BCUT2D eigenvalue weighted by Crippen LogP contribution is 2.24. The van der Waals surface area contributed by atoms with Gasteiger partial charge < -0.3 is 10.6 Å². The van der Waals surface area contributed by atoms with E-state index in [9.17, 15) is 4.79 Å². The number of aryl methyl sites for hydroxylation is 1. The summed E-state index contributed by atoms with van der Waals surface area (Å²) in [6, 6.07) is 6.25. The molecule has 0 saturated heterocycles. The fourth-order valence-electron chi connectivity index (χ4n) is 1.91. The van der Waals surface area contributed by atoms with E-state index in [0.717, 1.165) is 30.6 Å². The Bertz CT molecular complexity index is 374. The third-order valence-electron chi connectivity index (χ3n) is 2.69. The average molecular weight is 204 g/mol. The highest BCUT2D eigenvalue weighted by atomic mass is 16.1. The van der Waals surface area contributed by atoms with E-state index in [-0.39, 0.29) is 5.91 Å². The van der Waals surface area contributed by atoms with Crippen molar-refractivity contribution >= 4 is 11.6 Å². The minimum absolute atomic E-state index is 0.109. The standard InChI is InChI=1S/C12H16N2O/c1-13-6-2-3-9-4-5-11-10(7-9)8-12(15)14-11/h4-5,7,13H,2-3,6,8H2,1H3,(H,14,15). The molecule has 1 heterocycles. The molecule has 1 aliphatic rings. The van der Waals surface area contributed by atoms with Gasteiger partial charge in [0.05, 0.1) is 6.42 Å². The summed E-state index contributed by atoms with van der Waals surface area (Å²) in [5.74, 6) is 0.109. The fourth-order valence-corrected chi connectivity index (χ4v) is 1.91. The Hall–Kier alpha value is -1.35. The van der Waals surface area contributed by atoms with Gasteiger partial charge in [-0.05, 0) is 43.6 Å². The van der Waals surface area contributed by atoms with E-state index >= 15 is 0 Å². The van der Waals surface area contributed by atoms with Crippen LogP contribution in [0.3, 0.4) is 0 Å². The first-order valence-corrected chi connectivity index (χ1v) is 5.36. The van der Waals surface area contributed by atoms with E-state index in [1.807, 2.05) is 13.1 Å². The third kappa shape index (κ3) is 2.36. The molecule has 0 aromatic heterocycles. The smallest absolute Gasteiger partial charge is 0.228 e. The summed E-state index contributed by atoms with van der Waals surface area (Å²) in [4.78, 5) is 11.2. The Morgan fingerprint density at radius 2 is 2.33 bits per heavy atom. The van der Waals surface area contributed by atoms with Crippen LogP contribution in [0.1, 0.15) is 17.5 Å². The van der Waals surface area contributed by atoms with Crippen LogP contribution in [0.25, 0.3) is 0 Å². The number of rotatable bonds is 4. The van der Waals surface area contributed by atoms with E-state index in [1.165, 1.54) is 5.56 Å². The molecule has 0 radical (unpaired) electrons. The number of nitrogens with one attached hydrogen (secondary N) is 2. The van der Waals surface area contributed by atoms with Gasteiger partial charge in [0.15, 0.2) is 0 Å². The van der Waals surface area contributed by atoms with Crippen molar-refractivity contribution in [3.63, 3.8) is 0 Å². The number of benzene rings is 1. The zero-order chi connectivity index (χ0) is 10.7. The van der Waals surface area contributed by atoms with Crippen molar-refractivity contribution in [2.75, 3.05) is 18.9 Å². The van der Waals surface area contributed by atoms with Crippen molar-refractivity contribution in [3.05, 3.63) is 29.3 Å². The predicted octanol–water partition coefficient (Wildman–Crippen LogP) is 1.33. The van der Waals surface area contributed by atoms with Crippen molar-refractivity contribution in [1.29, 1.82) is 0 Å². The van der Waals surface area contributed by atoms with Crippen LogP contribution in [0, 0.1) is 0 Å². The Morgan fingerprint density at radius 3 is 3.13 bits per heavy atom. The third-order valence-corrected chi connectivity index (χ3v) is 2.69. The molecule has 0 aliphatic carbocycles. The molecule has 1 aromatic rings. The molecule has 0 bridgehead atoms. The second kappa shape index (κ2) is 4.45. The second-order valence-corrected chi connectivity index (χ2v) is 3.92. The van der Waals surface area contributed by atoms with Gasteiger partial charge in [-0.25, -0.2) is 0 Å². The fraction of sp³-hybridized carbons (Fsp3) is 0.417. The molecule has 2 rings (SSSR count). The van der Waals surface area contributed by atoms with E-state index < -0.39 is 0 Å². The molecular weight excluding hydrogens is 188 g/mol. The van der Waals surface area contributed by atoms with E-state index in [2.05, 4.69) is 22.8 Å². The number of carbonyl (C=O) groups excluding carboxylic acids is 1. The monoisotopic (exact) mass is 204 g/mol. The average Bonchev–Trinajstić information content (AvgIpc) is 2.57. The maximum Gasteiger partial charge on any atom is 0.228 e. The summed E-state index contributed by atoms with van der Waals surface area (Å²) in [5.41, 5.74) is 3.44. The van der Waals surface area contributed by atoms with Gasteiger partial charge in [-0.1, -0.05) is 12.1 Å². The summed E-state index contributed by atoms with van der Waals surface area (Å²) in [6.45, 7) is 1.04. The quantitative estimate of drug-likeness (QED) is 0.726. The van der Waals surface area contributed by atoms with Crippen LogP contribution in [0.4, 0.5) is 5.69 Å². The van der Waals surface area contributed by atoms with Gasteiger partial charge in [0.2, 0.25) is 5.91 Å². The Labute approximate surface area is 89.9 Å². The van der Waals surface area contributed by atoms with E-state index in [1.54, 1.807) is 0 Å². The molecule has 3 nitrogen and oxygen atoms in total. The lowest BCUT2D eigenvalue weighted by atomic mass is 10.0. The van der Waals surface area contributed by atoms with Crippen LogP contribution < -0.4 is 10.6 Å². The molecule has 1 aromatic carbocycles. The summed E-state index contributed by atoms with van der Waals surface area (Å²) < 4.78 is 0. The number of carbonyl (C=O) groups is 1. The maximum absolute atomic E-state index is 11.2. The molecular formula is C12H16N2O. The minimum Gasteiger partial charge on any atom is -0.326 e. The molecule has 15 heavy (non-hydrogen) atoms. The number of fused-ring (bicyclic) bond motifs is 1. The zero-order valence-corrected chi connectivity index (χ0v) is 8.97. The van der Waals surface area contributed by atoms with Gasteiger partial charge in [0.25, 0.3) is 0 Å². The van der Waals surface area contributed by atoms with Crippen LogP contribution >= 0.6 is 0 Å². The lowest BCUT2D eigenvalue weighted by Gasteiger charge is -2.03. The van der Waals surface area contributed by atoms with Crippen LogP contribution in [0.5, 0.6) is 0 Å². The summed E-state index contributed by atoms with van der Waals surface area (Å²) in [5, 5.41) is 5.97. The molecule has 0 saturated carbocycles. The second-order valence-electron chi connectivity index (χ2n) is 3.92. The van der Waals surface area contributed by atoms with Crippen LogP contribution in [-0.2, 0) is 17.6 Å². The summed E-state index contributed by atoms with van der Waals surface area (Å²) in [7, 11) is 1.96. The van der Waals surface area contributed by atoms with Crippen molar-refractivity contribution < 1.29 is 4.79 Å². The van der Waals surface area contributed by atoms with Crippen LogP contribution in [-0.4, -0.2) is 19.5 Å². The van der Waals surface area contributed by atoms with Gasteiger partial charge in [-0.15, -0.1) is 0 Å². The summed E-state index contributed by atoms with van der Waals surface area (Å²) in [6.07, 6.45) is 2.74. The van der Waals surface area contributed by atoms with Gasteiger partial charge in [0.1, 0.15) is 0 Å². The predicted molar refractivity (Wildman–Crippen MR) is 61.0 cm³/mol. The number of amides is 1. The van der Waals surface area contributed by atoms with E-state index in [4.69, 9.17) is 0 Å². The molecule has 1 aliphatic heterocycles. The van der Waals surface area contributed by atoms with Gasteiger partial charge >= 0.3 is 0 Å². The highest BCUT2D eigenvalue weighted by Gasteiger charge is 2.16. The number of hydrogen-bond donors (Lipinski definition) is 2. The molecule has 2 N–H and O–H groups in total. The molecule has 80 valence electrons. The van der Waals surface area contributed by atoms with Crippen molar-refractivity contribution in [2.45, 2.75) is 19.3 Å². The molecule has 0 spiro atoms.